The van der Waals surface area contributed by atoms with Crippen LogP contribution >= 0.6 is 11.3 Å². The molecular weight excluding hydrogens is 450 g/mol. The van der Waals surface area contributed by atoms with Gasteiger partial charge in [0.1, 0.15) is 10.7 Å². The van der Waals surface area contributed by atoms with Crippen LogP contribution in [0, 0.1) is 6.92 Å². The first-order chi connectivity index (χ1) is 16.3. The highest BCUT2D eigenvalue weighted by molar-refractivity contribution is 7.13. The Labute approximate surface area is 201 Å². The van der Waals surface area contributed by atoms with Gasteiger partial charge in [-0.2, -0.15) is 5.10 Å². The maximum atomic E-state index is 12.5. The molecule has 0 saturated carbocycles. The number of thiazole rings is 1. The van der Waals surface area contributed by atoms with Gasteiger partial charge in [-0.1, -0.05) is 18.2 Å². The quantitative estimate of drug-likeness (QED) is 0.441. The van der Waals surface area contributed by atoms with Crippen LogP contribution in [0.4, 0.5) is 5.95 Å². The van der Waals surface area contributed by atoms with Gasteiger partial charge < -0.3 is 15.3 Å². The van der Waals surface area contributed by atoms with Gasteiger partial charge in [-0.3, -0.25) is 9.48 Å². The Morgan fingerprint density at radius 2 is 2.03 bits per heavy atom. The third kappa shape index (κ3) is 4.06. The van der Waals surface area contributed by atoms with Gasteiger partial charge in [0, 0.05) is 49.9 Å². The van der Waals surface area contributed by atoms with E-state index in [4.69, 9.17) is 4.98 Å². The third-order valence-electron chi connectivity index (χ3n) is 6.11. The fourth-order valence-corrected chi connectivity index (χ4v) is 4.84. The van der Waals surface area contributed by atoms with Crippen LogP contribution in [-0.2, 0) is 24.0 Å². The first-order valence-corrected chi connectivity index (χ1v) is 11.8. The summed E-state index contributed by atoms with van der Waals surface area (Å²) in [6.07, 6.45) is 2.08. The van der Waals surface area contributed by atoms with Crippen LogP contribution in [0.5, 0.6) is 0 Å². The summed E-state index contributed by atoms with van der Waals surface area (Å²) in [5.74, 6) is 0.231. The number of carbonyl (C=O) groups is 1. The zero-order valence-electron chi connectivity index (χ0n) is 19.2. The largest absolute Gasteiger partial charge is 0.375 e. The van der Waals surface area contributed by atoms with Crippen LogP contribution in [0.2, 0.25) is 0 Å². The summed E-state index contributed by atoms with van der Waals surface area (Å²) in [5, 5.41) is 21.4. The Morgan fingerprint density at radius 3 is 2.76 bits per heavy atom. The molecule has 1 unspecified atom stereocenters. The number of aromatic nitrogens is 5. The van der Waals surface area contributed by atoms with Crippen LogP contribution in [0.3, 0.4) is 0 Å². The number of nitrogens with one attached hydrogen (secondary N) is 1. The molecule has 1 aromatic carbocycles. The highest BCUT2D eigenvalue weighted by Crippen LogP contribution is 2.36. The van der Waals surface area contributed by atoms with E-state index in [1.165, 1.54) is 11.3 Å². The molecule has 2 N–H and O–H groups in total. The smallest absolute Gasteiger partial charge is 0.258 e. The van der Waals surface area contributed by atoms with Crippen molar-refractivity contribution >= 4 is 23.2 Å². The molecule has 1 amide bonds. The number of amides is 1. The lowest BCUT2D eigenvalue weighted by molar-refractivity contribution is -0.143. The van der Waals surface area contributed by atoms with Gasteiger partial charge >= 0.3 is 0 Å². The number of aryl methyl sites for hydroxylation is 2. The monoisotopic (exact) mass is 475 g/mol. The summed E-state index contributed by atoms with van der Waals surface area (Å²) >= 11 is 1.49. The highest BCUT2D eigenvalue weighted by atomic mass is 32.1. The molecule has 1 saturated heterocycles. The van der Waals surface area contributed by atoms with Crippen molar-refractivity contribution in [1.82, 2.24) is 29.6 Å². The Kier molecular flexibility index (Phi) is 5.62. The van der Waals surface area contributed by atoms with Crippen molar-refractivity contribution in [3.8, 4) is 22.0 Å². The van der Waals surface area contributed by atoms with E-state index in [1.807, 2.05) is 54.4 Å². The topological polar surface area (TPSA) is 109 Å². The minimum Gasteiger partial charge on any atom is -0.375 e. The molecule has 3 aromatic heterocycles. The normalized spacial score (nSPS) is 18.0. The van der Waals surface area contributed by atoms with Crippen molar-refractivity contribution in [3.63, 3.8) is 0 Å². The molecule has 9 nitrogen and oxygen atoms in total. The van der Waals surface area contributed by atoms with Crippen molar-refractivity contribution in [3.05, 3.63) is 64.9 Å². The van der Waals surface area contributed by atoms with E-state index < -0.39 is 5.60 Å². The third-order valence-corrected chi connectivity index (χ3v) is 7.00. The van der Waals surface area contributed by atoms with Crippen molar-refractivity contribution in [1.29, 1.82) is 0 Å². The van der Waals surface area contributed by atoms with E-state index in [1.54, 1.807) is 24.2 Å². The summed E-state index contributed by atoms with van der Waals surface area (Å²) in [4.78, 5) is 27.7. The van der Waals surface area contributed by atoms with Crippen molar-refractivity contribution in [2.75, 3.05) is 18.9 Å². The van der Waals surface area contributed by atoms with Gasteiger partial charge in [0.15, 0.2) is 5.60 Å². The van der Waals surface area contributed by atoms with E-state index in [0.717, 1.165) is 27.7 Å². The number of likely N-dealkylation sites (tertiary alicyclic amines) is 1. The van der Waals surface area contributed by atoms with E-state index in [-0.39, 0.29) is 5.91 Å². The fourth-order valence-electron chi connectivity index (χ4n) is 4.03. The zero-order chi connectivity index (χ0) is 23.9. The lowest BCUT2D eigenvalue weighted by Crippen LogP contribution is -2.36. The lowest BCUT2D eigenvalue weighted by atomic mass is 9.91. The lowest BCUT2D eigenvalue weighted by Gasteiger charge is -2.21. The Bertz CT molecular complexity index is 1350. The molecule has 10 heteroatoms. The summed E-state index contributed by atoms with van der Waals surface area (Å²) < 4.78 is 1.83. The Balaban J connectivity index is 1.35. The van der Waals surface area contributed by atoms with Crippen LogP contribution < -0.4 is 5.32 Å². The number of benzene rings is 1. The summed E-state index contributed by atoms with van der Waals surface area (Å²) in [7, 11) is 3.62. The van der Waals surface area contributed by atoms with Crippen LogP contribution in [0.25, 0.3) is 22.0 Å². The second-order valence-corrected chi connectivity index (χ2v) is 9.33. The maximum absolute atomic E-state index is 12.5. The van der Waals surface area contributed by atoms with E-state index in [0.29, 0.717) is 36.7 Å². The molecule has 0 bridgehead atoms. The molecule has 174 valence electrons. The van der Waals surface area contributed by atoms with Gasteiger partial charge in [0.25, 0.3) is 5.91 Å². The molecule has 4 aromatic rings. The van der Waals surface area contributed by atoms with E-state index in [2.05, 4.69) is 20.4 Å². The number of carbonyl (C=O) groups excluding carboxylic acids is 1. The molecular formula is C24H25N7O2S. The molecule has 1 atom stereocenters. The first kappa shape index (κ1) is 22.2. The van der Waals surface area contributed by atoms with E-state index >= 15 is 0 Å². The molecule has 1 aliphatic rings. The minimum absolute atomic E-state index is 0.272. The van der Waals surface area contributed by atoms with Crippen LogP contribution in [0.1, 0.15) is 23.4 Å². The van der Waals surface area contributed by atoms with Gasteiger partial charge in [-0.25, -0.2) is 15.0 Å². The standard InChI is InChI=1S/C24H25N7O2S/c1-15-11-18(29-31(15)3)13-26-23-25-9-7-19(28-23)20-14-34-21(27-20)16-5-4-6-17(12-16)24(33)8-10-30(2)22(24)32/h4-7,9,11-12,14,33H,8,10,13H2,1-3H3,(H,25,26,28). The summed E-state index contributed by atoms with van der Waals surface area (Å²) in [6, 6.07) is 11.3. The molecule has 34 heavy (non-hydrogen) atoms. The zero-order valence-corrected chi connectivity index (χ0v) is 20.0. The molecule has 0 spiro atoms. The Hall–Kier alpha value is -3.63. The second kappa shape index (κ2) is 8.62. The summed E-state index contributed by atoms with van der Waals surface area (Å²) in [6.45, 7) is 3.07. The second-order valence-electron chi connectivity index (χ2n) is 8.48. The number of likely N-dealkylation sites (N-methyl/N-ethyl adjacent to an activating group) is 1. The number of anilines is 1. The molecule has 1 aliphatic heterocycles. The average Bonchev–Trinajstić information content (AvgIpc) is 3.54. The molecule has 1 fully saturated rings. The first-order valence-electron chi connectivity index (χ1n) is 10.9. The highest BCUT2D eigenvalue weighted by Gasteiger charge is 2.45. The predicted octanol–water partition coefficient (Wildman–Crippen LogP) is 2.97. The number of hydrogen-bond donors (Lipinski definition) is 2. The van der Waals surface area contributed by atoms with Crippen LogP contribution in [-0.4, -0.2) is 54.2 Å². The number of rotatable bonds is 6. The SMILES string of the molecule is Cc1cc(CNc2nccc(-c3csc(-c4cccc(C5(O)CCN(C)C5=O)c4)n3)n2)nn1C. The average molecular weight is 476 g/mol. The number of hydrogen-bond acceptors (Lipinski definition) is 8. The summed E-state index contributed by atoms with van der Waals surface area (Å²) in [5.41, 5.74) is 3.40. The molecule has 0 aliphatic carbocycles. The number of aliphatic hydroxyl groups is 1. The predicted molar refractivity (Wildman–Crippen MR) is 130 cm³/mol. The minimum atomic E-state index is -1.48. The van der Waals surface area contributed by atoms with E-state index in [9.17, 15) is 9.90 Å². The van der Waals surface area contributed by atoms with Gasteiger partial charge in [0.2, 0.25) is 5.95 Å². The number of nitrogens with zero attached hydrogens (tertiary/aromatic N) is 6. The Morgan fingerprint density at radius 1 is 1.18 bits per heavy atom. The van der Waals surface area contributed by atoms with Gasteiger partial charge in [-0.15, -0.1) is 11.3 Å². The van der Waals surface area contributed by atoms with Gasteiger partial charge in [0.05, 0.1) is 17.9 Å². The van der Waals surface area contributed by atoms with Crippen LogP contribution in [0.15, 0.2) is 48.0 Å². The van der Waals surface area contributed by atoms with Crippen molar-refractivity contribution in [2.24, 2.45) is 7.05 Å². The maximum Gasteiger partial charge on any atom is 0.258 e. The molecule has 0 radical (unpaired) electrons. The molecule has 5 rings (SSSR count). The van der Waals surface area contributed by atoms with Gasteiger partial charge in [-0.05, 0) is 30.7 Å². The molecule has 4 heterocycles. The van der Waals surface area contributed by atoms with Crippen molar-refractivity contribution < 1.29 is 9.90 Å². The fraction of sp³-hybridized carbons (Fsp3) is 0.292. The van der Waals surface area contributed by atoms with Crippen molar-refractivity contribution in [2.45, 2.75) is 25.5 Å².